The number of hydrogen-bond acceptors (Lipinski definition) is 3. The molecule has 1 saturated heterocycles. The zero-order chi connectivity index (χ0) is 16.6. The van der Waals surface area contributed by atoms with Crippen LogP contribution in [0.3, 0.4) is 0 Å². The van der Waals surface area contributed by atoms with Gasteiger partial charge in [0, 0.05) is 45.7 Å². The van der Waals surface area contributed by atoms with Crippen LogP contribution in [0.5, 0.6) is 0 Å². The molecule has 0 aliphatic carbocycles. The molecule has 0 saturated carbocycles. The lowest BCUT2D eigenvalue weighted by atomic mass is 10.2. The van der Waals surface area contributed by atoms with E-state index in [1.807, 2.05) is 30.3 Å². The van der Waals surface area contributed by atoms with Crippen molar-refractivity contribution in [3.8, 4) is 0 Å². The average Bonchev–Trinajstić information content (AvgIpc) is 2.65. The summed E-state index contributed by atoms with van der Waals surface area (Å²) in [7, 11) is 0. The van der Waals surface area contributed by atoms with Gasteiger partial charge in [0.05, 0.1) is 0 Å². The molecule has 2 aromatic rings. The molecule has 128 valence electrons. The third-order valence-corrected chi connectivity index (χ3v) is 5.98. The lowest BCUT2D eigenvalue weighted by Crippen LogP contribution is -2.46. The zero-order valence-electron chi connectivity index (χ0n) is 14.1. The van der Waals surface area contributed by atoms with Crippen LogP contribution in [0.25, 0.3) is 0 Å². The summed E-state index contributed by atoms with van der Waals surface area (Å²) in [5.41, 5.74) is 1.39. The predicted molar refractivity (Wildman–Crippen MR) is 100 cm³/mol. The highest BCUT2D eigenvalue weighted by atomic mass is 32.2. The van der Waals surface area contributed by atoms with Crippen LogP contribution >= 0.6 is 0 Å². The lowest BCUT2D eigenvalue weighted by molar-refractivity contribution is 0.127. The Morgan fingerprint density at radius 1 is 0.792 bits per heavy atom. The minimum atomic E-state index is -0.858. The molecule has 1 unspecified atom stereocenters. The van der Waals surface area contributed by atoms with Gasteiger partial charge in [-0.2, -0.15) is 0 Å². The van der Waals surface area contributed by atoms with Crippen LogP contribution in [0.1, 0.15) is 12.0 Å². The summed E-state index contributed by atoms with van der Waals surface area (Å²) in [6, 6.07) is 20.5. The summed E-state index contributed by atoms with van der Waals surface area (Å²) in [6.45, 7) is 6.58. The molecule has 0 N–H and O–H groups in total. The van der Waals surface area contributed by atoms with E-state index in [0.717, 1.165) is 56.3 Å². The minimum Gasteiger partial charge on any atom is -0.611 e. The van der Waals surface area contributed by atoms with Gasteiger partial charge in [-0.25, -0.2) is 0 Å². The summed E-state index contributed by atoms with van der Waals surface area (Å²) in [5.74, 6) is 0.758. The molecule has 4 heteroatoms. The molecule has 3 nitrogen and oxygen atoms in total. The minimum absolute atomic E-state index is 0.758. The zero-order valence-corrected chi connectivity index (χ0v) is 15.0. The lowest BCUT2D eigenvalue weighted by Gasteiger charge is -2.34. The van der Waals surface area contributed by atoms with E-state index in [2.05, 4.69) is 40.1 Å². The summed E-state index contributed by atoms with van der Waals surface area (Å²) in [4.78, 5) is 5.97. The second-order valence-electron chi connectivity index (χ2n) is 6.32. The molecule has 3 rings (SSSR count). The Balaban J connectivity index is 1.34. The summed E-state index contributed by atoms with van der Waals surface area (Å²) >= 11 is -0.858. The van der Waals surface area contributed by atoms with Gasteiger partial charge < -0.3 is 9.45 Å². The third-order valence-electron chi connectivity index (χ3n) is 4.52. The Morgan fingerprint density at radius 3 is 2.04 bits per heavy atom. The number of hydrogen-bond donors (Lipinski definition) is 0. The van der Waals surface area contributed by atoms with Crippen molar-refractivity contribution >= 4 is 11.2 Å². The first-order chi connectivity index (χ1) is 11.8. The molecular formula is C20H26N2OS. The fourth-order valence-electron chi connectivity index (χ4n) is 3.12. The molecule has 0 spiro atoms. The summed E-state index contributed by atoms with van der Waals surface area (Å²) in [5, 5.41) is 0. The van der Waals surface area contributed by atoms with E-state index in [4.69, 9.17) is 0 Å². The monoisotopic (exact) mass is 342 g/mol. The largest absolute Gasteiger partial charge is 0.611 e. The van der Waals surface area contributed by atoms with Gasteiger partial charge in [-0.15, -0.1) is 0 Å². The van der Waals surface area contributed by atoms with Crippen molar-refractivity contribution in [2.75, 3.05) is 38.5 Å². The Labute approximate surface area is 148 Å². The van der Waals surface area contributed by atoms with Crippen LogP contribution < -0.4 is 0 Å². The molecular weight excluding hydrogens is 316 g/mol. The van der Waals surface area contributed by atoms with Gasteiger partial charge in [0.2, 0.25) is 0 Å². The van der Waals surface area contributed by atoms with Crippen LogP contribution in [0, 0.1) is 0 Å². The number of rotatable bonds is 7. The van der Waals surface area contributed by atoms with Gasteiger partial charge in [0.1, 0.15) is 5.75 Å². The van der Waals surface area contributed by atoms with Crippen LogP contribution in [0.15, 0.2) is 65.6 Å². The van der Waals surface area contributed by atoms with Gasteiger partial charge >= 0.3 is 0 Å². The quantitative estimate of drug-likeness (QED) is 0.725. The fraction of sp³-hybridized carbons (Fsp3) is 0.400. The second-order valence-corrected chi connectivity index (χ2v) is 7.89. The van der Waals surface area contributed by atoms with E-state index in [9.17, 15) is 4.55 Å². The standard InChI is InChI=1S/C20H26N2OS/c23-24(20-10-5-2-6-11-20)17-7-12-21-13-15-22(16-14-21)18-19-8-3-1-4-9-19/h1-6,8-11H,7,12-18H2. The first-order valence-corrected chi connectivity index (χ1v) is 10.1. The van der Waals surface area contributed by atoms with Crippen molar-refractivity contribution in [2.24, 2.45) is 0 Å². The van der Waals surface area contributed by atoms with E-state index >= 15 is 0 Å². The molecule has 1 atom stereocenters. The maximum absolute atomic E-state index is 12.2. The van der Waals surface area contributed by atoms with Gasteiger partial charge in [-0.3, -0.25) is 4.90 Å². The topological polar surface area (TPSA) is 29.5 Å². The SMILES string of the molecule is [O-][S+](CCCN1CCN(Cc2ccccc2)CC1)c1ccccc1. The predicted octanol–water partition coefficient (Wildman–Crippen LogP) is 3.00. The number of benzene rings is 2. The molecule has 1 heterocycles. The van der Waals surface area contributed by atoms with Crippen LogP contribution in [0.4, 0.5) is 0 Å². The van der Waals surface area contributed by atoms with Crippen LogP contribution in [-0.4, -0.2) is 52.8 Å². The Hall–Kier alpha value is -1.33. The first-order valence-electron chi connectivity index (χ1n) is 8.73. The molecule has 0 radical (unpaired) electrons. The second kappa shape index (κ2) is 9.23. The molecule has 24 heavy (non-hydrogen) atoms. The summed E-state index contributed by atoms with van der Waals surface area (Å²) < 4.78 is 12.2. The van der Waals surface area contributed by atoms with E-state index in [1.54, 1.807) is 0 Å². The van der Waals surface area contributed by atoms with E-state index in [0.29, 0.717) is 0 Å². The van der Waals surface area contributed by atoms with E-state index in [1.165, 1.54) is 5.56 Å². The van der Waals surface area contributed by atoms with Crippen molar-refractivity contribution in [1.29, 1.82) is 0 Å². The van der Waals surface area contributed by atoms with Crippen molar-refractivity contribution < 1.29 is 4.55 Å². The Bertz CT molecular complexity index is 585. The third kappa shape index (κ3) is 5.35. The maximum atomic E-state index is 12.2. The van der Waals surface area contributed by atoms with Crippen molar-refractivity contribution in [2.45, 2.75) is 17.9 Å². The molecule has 1 aliphatic rings. The highest BCUT2D eigenvalue weighted by Crippen LogP contribution is 2.12. The number of nitrogens with zero attached hydrogens (tertiary/aromatic N) is 2. The Kier molecular flexibility index (Phi) is 6.73. The van der Waals surface area contributed by atoms with Crippen LogP contribution in [-0.2, 0) is 17.7 Å². The van der Waals surface area contributed by atoms with E-state index < -0.39 is 11.2 Å². The molecule has 0 bridgehead atoms. The normalized spacial score (nSPS) is 17.7. The first kappa shape index (κ1) is 17.5. The average molecular weight is 343 g/mol. The van der Waals surface area contributed by atoms with Crippen molar-refractivity contribution in [3.63, 3.8) is 0 Å². The summed E-state index contributed by atoms with van der Waals surface area (Å²) in [6.07, 6.45) is 1.00. The molecule has 0 amide bonds. The molecule has 1 aliphatic heterocycles. The van der Waals surface area contributed by atoms with Crippen molar-refractivity contribution in [1.82, 2.24) is 9.80 Å². The number of piperazine rings is 1. The maximum Gasteiger partial charge on any atom is 0.152 e. The molecule has 0 aromatic heterocycles. The smallest absolute Gasteiger partial charge is 0.152 e. The molecule has 1 fully saturated rings. The van der Waals surface area contributed by atoms with Crippen molar-refractivity contribution in [3.05, 3.63) is 66.2 Å². The molecule has 2 aromatic carbocycles. The van der Waals surface area contributed by atoms with Crippen LogP contribution in [0.2, 0.25) is 0 Å². The highest BCUT2D eigenvalue weighted by Gasteiger charge is 2.17. The van der Waals surface area contributed by atoms with Gasteiger partial charge in [0.25, 0.3) is 0 Å². The Morgan fingerprint density at radius 2 is 1.38 bits per heavy atom. The highest BCUT2D eigenvalue weighted by molar-refractivity contribution is 7.91. The van der Waals surface area contributed by atoms with Gasteiger partial charge in [-0.05, 0) is 28.9 Å². The van der Waals surface area contributed by atoms with Gasteiger partial charge in [-0.1, -0.05) is 48.5 Å². The van der Waals surface area contributed by atoms with Gasteiger partial charge in [0.15, 0.2) is 4.90 Å². The van der Waals surface area contributed by atoms with E-state index in [-0.39, 0.29) is 0 Å². The fourth-order valence-corrected chi connectivity index (χ4v) is 4.21.